The maximum absolute atomic E-state index is 5.33. The van der Waals surface area contributed by atoms with Crippen LogP contribution in [-0.4, -0.2) is 37.7 Å². The molecule has 0 aliphatic carbocycles. The lowest BCUT2D eigenvalue weighted by molar-refractivity contribution is 0.208. The van der Waals surface area contributed by atoms with Gasteiger partial charge in [0.15, 0.2) is 0 Å². The molecule has 0 atom stereocenters. The number of rotatable bonds is 6. The molecular formula is C11H19N5O. The fourth-order valence-electron chi connectivity index (χ4n) is 1.26. The summed E-state index contributed by atoms with van der Waals surface area (Å²) in [4.78, 5) is 8.41. The van der Waals surface area contributed by atoms with Crippen molar-refractivity contribution in [3.63, 3.8) is 0 Å². The fraction of sp³-hybridized carbons (Fsp3) is 0.455. The minimum atomic E-state index is 0.568. The molecule has 1 heterocycles. The van der Waals surface area contributed by atoms with E-state index in [1.165, 1.54) is 0 Å². The van der Waals surface area contributed by atoms with Crippen molar-refractivity contribution in [1.29, 1.82) is 0 Å². The van der Waals surface area contributed by atoms with E-state index < -0.39 is 0 Å². The summed E-state index contributed by atoms with van der Waals surface area (Å²) in [5.74, 6) is 5.90. The van der Waals surface area contributed by atoms with Crippen LogP contribution < -0.4 is 16.6 Å². The highest BCUT2D eigenvalue weighted by molar-refractivity contribution is 5.79. The Hall–Kier alpha value is -1.66. The molecule has 0 bridgehead atoms. The molecule has 17 heavy (non-hydrogen) atoms. The molecule has 0 unspecified atom stereocenters. The van der Waals surface area contributed by atoms with Crippen molar-refractivity contribution in [3.05, 3.63) is 30.1 Å². The number of methoxy groups -OCH3 is 1. The Morgan fingerprint density at radius 2 is 2.41 bits per heavy atom. The van der Waals surface area contributed by atoms with Crippen molar-refractivity contribution in [2.24, 2.45) is 10.8 Å². The topological polar surface area (TPSA) is 84.6 Å². The molecule has 1 aromatic rings. The number of nitrogens with two attached hydrogens (primary N) is 1. The molecule has 0 saturated carbocycles. The van der Waals surface area contributed by atoms with E-state index in [1.54, 1.807) is 13.3 Å². The SMILES string of the molecule is COCCN=C(NN)NCCc1ccccn1. The van der Waals surface area contributed by atoms with Crippen LogP contribution in [0.4, 0.5) is 0 Å². The van der Waals surface area contributed by atoms with Gasteiger partial charge in [-0.1, -0.05) is 6.07 Å². The average molecular weight is 237 g/mol. The number of hydrogen-bond donors (Lipinski definition) is 3. The number of nitrogens with one attached hydrogen (secondary N) is 2. The molecular weight excluding hydrogens is 218 g/mol. The maximum Gasteiger partial charge on any atom is 0.205 e. The molecule has 4 N–H and O–H groups in total. The van der Waals surface area contributed by atoms with Gasteiger partial charge in [-0.15, -0.1) is 0 Å². The molecule has 0 spiro atoms. The van der Waals surface area contributed by atoms with E-state index in [1.807, 2.05) is 18.2 Å². The van der Waals surface area contributed by atoms with Crippen molar-refractivity contribution in [3.8, 4) is 0 Å². The highest BCUT2D eigenvalue weighted by atomic mass is 16.5. The highest BCUT2D eigenvalue weighted by Crippen LogP contribution is 1.92. The molecule has 0 aliphatic rings. The zero-order valence-electron chi connectivity index (χ0n) is 10.0. The second kappa shape index (κ2) is 8.49. The molecule has 0 radical (unpaired) electrons. The number of pyridine rings is 1. The quantitative estimate of drug-likeness (QED) is 0.208. The van der Waals surface area contributed by atoms with Crippen molar-refractivity contribution >= 4 is 5.96 Å². The van der Waals surface area contributed by atoms with Crippen molar-refractivity contribution in [2.45, 2.75) is 6.42 Å². The van der Waals surface area contributed by atoms with E-state index >= 15 is 0 Å². The van der Waals surface area contributed by atoms with Crippen LogP contribution in [0.2, 0.25) is 0 Å². The van der Waals surface area contributed by atoms with E-state index in [9.17, 15) is 0 Å². The standard InChI is InChI=1S/C11H19N5O/c1-17-9-8-15-11(16-12)14-7-5-10-4-2-3-6-13-10/h2-4,6H,5,7-9,12H2,1H3,(H2,14,15,16). The molecule has 6 nitrogen and oxygen atoms in total. The normalized spacial score (nSPS) is 11.3. The summed E-state index contributed by atoms with van der Waals surface area (Å²) in [6, 6.07) is 5.85. The molecule has 94 valence electrons. The highest BCUT2D eigenvalue weighted by Gasteiger charge is 1.96. The zero-order valence-corrected chi connectivity index (χ0v) is 10.0. The number of aromatic nitrogens is 1. The molecule has 1 rings (SSSR count). The number of guanidine groups is 1. The smallest absolute Gasteiger partial charge is 0.205 e. The Morgan fingerprint density at radius 1 is 1.53 bits per heavy atom. The maximum atomic E-state index is 5.33. The lowest BCUT2D eigenvalue weighted by Crippen LogP contribution is -2.42. The summed E-state index contributed by atoms with van der Waals surface area (Å²) in [5.41, 5.74) is 3.55. The van der Waals surface area contributed by atoms with Crippen LogP contribution in [0, 0.1) is 0 Å². The van der Waals surface area contributed by atoms with Gasteiger partial charge in [-0.25, -0.2) is 10.8 Å². The van der Waals surface area contributed by atoms with Crippen LogP contribution in [0.3, 0.4) is 0 Å². The number of nitrogens with zero attached hydrogens (tertiary/aromatic N) is 2. The van der Waals surface area contributed by atoms with Gasteiger partial charge < -0.3 is 10.1 Å². The summed E-state index contributed by atoms with van der Waals surface area (Å²) >= 11 is 0. The molecule has 0 aromatic carbocycles. The van der Waals surface area contributed by atoms with Gasteiger partial charge in [0.25, 0.3) is 0 Å². The van der Waals surface area contributed by atoms with Crippen molar-refractivity contribution < 1.29 is 4.74 Å². The van der Waals surface area contributed by atoms with Crippen LogP contribution in [0.15, 0.2) is 29.4 Å². The summed E-state index contributed by atoms with van der Waals surface area (Å²) in [6.07, 6.45) is 2.61. The van der Waals surface area contributed by atoms with Gasteiger partial charge >= 0.3 is 0 Å². The van der Waals surface area contributed by atoms with E-state index in [2.05, 4.69) is 20.7 Å². The first-order chi connectivity index (χ1) is 8.36. The van der Waals surface area contributed by atoms with Crippen LogP contribution >= 0.6 is 0 Å². The second-order valence-electron chi connectivity index (χ2n) is 3.37. The first kappa shape index (κ1) is 13.4. The Bertz CT molecular complexity index is 328. The lowest BCUT2D eigenvalue weighted by atomic mass is 10.3. The summed E-state index contributed by atoms with van der Waals surface area (Å²) in [7, 11) is 1.64. The fourth-order valence-corrected chi connectivity index (χ4v) is 1.26. The summed E-state index contributed by atoms with van der Waals surface area (Å²) < 4.78 is 4.90. The third kappa shape index (κ3) is 5.84. The summed E-state index contributed by atoms with van der Waals surface area (Å²) in [5, 5.41) is 3.10. The van der Waals surface area contributed by atoms with Crippen LogP contribution in [0.5, 0.6) is 0 Å². The molecule has 0 amide bonds. The van der Waals surface area contributed by atoms with Gasteiger partial charge in [0.05, 0.1) is 13.2 Å². The largest absolute Gasteiger partial charge is 0.383 e. The molecule has 0 fully saturated rings. The van der Waals surface area contributed by atoms with Crippen molar-refractivity contribution in [2.75, 3.05) is 26.8 Å². The Morgan fingerprint density at radius 3 is 3.06 bits per heavy atom. The van der Waals surface area contributed by atoms with Gasteiger partial charge in [-0.2, -0.15) is 0 Å². The van der Waals surface area contributed by atoms with Gasteiger partial charge in [0.1, 0.15) is 0 Å². The number of ether oxygens (including phenoxy) is 1. The number of aliphatic imine (C=N–C) groups is 1. The van der Waals surface area contributed by atoms with Gasteiger partial charge in [0.2, 0.25) is 5.96 Å². The van der Waals surface area contributed by atoms with Gasteiger partial charge in [-0.05, 0) is 12.1 Å². The molecule has 1 aromatic heterocycles. The Labute approximate surface area is 101 Å². The van der Waals surface area contributed by atoms with Crippen LogP contribution in [0.1, 0.15) is 5.69 Å². The molecule has 0 saturated heterocycles. The first-order valence-electron chi connectivity index (χ1n) is 5.50. The second-order valence-corrected chi connectivity index (χ2v) is 3.37. The number of hydrazine groups is 1. The van der Waals surface area contributed by atoms with E-state index in [0.717, 1.165) is 18.7 Å². The third-order valence-corrected chi connectivity index (χ3v) is 2.10. The molecule has 0 aliphatic heterocycles. The summed E-state index contributed by atoms with van der Waals surface area (Å²) in [6.45, 7) is 1.88. The van der Waals surface area contributed by atoms with E-state index in [0.29, 0.717) is 19.1 Å². The Kier molecular flexibility index (Phi) is 6.69. The van der Waals surface area contributed by atoms with Crippen LogP contribution in [0.25, 0.3) is 0 Å². The van der Waals surface area contributed by atoms with E-state index in [4.69, 9.17) is 10.6 Å². The lowest BCUT2D eigenvalue weighted by Gasteiger charge is -2.08. The first-order valence-corrected chi connectivity index (χ1v) is 5.50. The third-order valence-electron chi connectivity index (χ3n) is 2.10. The minimum absolute atomic E-state index is 0.568. The van der Waals surface area contributed by atoms with Gasteiger partial charge in [-0.3, -0.25) is 10.4 Å². The van der Waals surface area contributed by atoms with Gasteiger partial charge in [0, 0.05) is 32.0 Å². The average Bonchev–Trinajstić information content (AvgIpc) is 2.38. The monoisotopic (exact) mass is 237 g/mol. The zero-order chi connectivity index (χ0) is 12.3. The predicted octanol–water partition coefficient (Wildman–Crippen LogP) is -0.321. The Balaban J connectivity index is 2.26. The number of hydrogen-bond acceptors (Lipinski definition) is 4. The predicted molar refractivity (Wildman–Crippen MR) is 67.4 cm³/mol. The van der Waals surface area contributed by atoms with Crippen molar-refractivity contribution in [1.82, 2.24) is 15.7 Å². The van der Waals surface area contributed by atoms with E-state index in [-0.39, 0.29) is 0 Å². The molecule has 6 heteroatoms. The van der Waals surface area contributed by atoms with Crippen LogP contribution in [-0.2, 0) is 11.2 Å². The minimum Gasteiger partial charge on any atom is -0.383 e.